The fraction of sp³-hybridized carbons (Fsp3) is 0.379. The van der Waals surface area contributed by atoms with E-state index in [9.17, 15) is 19.8 Å². The summed E-state index contributed by atoms with van der Waals surface area (Å²) in [6, 6.07) is 13.2. The number of amides is 2. The van der Waals surface area contributed by atoms with E-state index in [1.54, 1.807) is 11.0 Å². The van der Waals surface area contributed by atoms with Gasteiger partial charge in [-0.05, 0) is 55.7 Å². The molecule has 3 unspecified atom stereocenters. The van der Waals surface area contributed by atoms with Crippen molar-refractivity contribution in [3.05, 3.63) is 75.0 Å². The van der Waals surface area contributed by atoms with Crippen molar-refractivity contribution < 1.29 is 19.8 Å². The van der Waals surface area contributed by atoms with Crippen LogP contribution in [0.5, 0.6) is 0 Å². The number of hydrogen-bond donors (Lipinski definition) is 3. The maximum absolute atomic E-state index is 13.2. The monoisotopic (exact) mass is 596 g/mol. The highest BCUT2D eigenvalue weighted by atomic mass is 35.5. The first kappa shape index (κ1) is 29.0. The van der Waals surface area contributed by atoms with Crippen molar-refractivity contribution in [2.75, 3.05) is 25.5 Å². The van der Waals surface area contributed by atoms with E-state index in [1.165, 1.54) is 11.3 Å². The number of hydrogen-bond acceptors (Lipinski definition) is 8. The van der Waals surface area contributed by atoms with Crippen LogP contribution in [0.3, 0.4) is 0 Å². The number of nitrogens with zero attached hydrogens (tertiary/aromatic N) is 5. The number of aliphatic hydroxyl groups excluding tert-OH is 2. The van der Waals surface area contributed by atoms with Crippen LogP contribution in [-0.4, -0.2) is 74.3 Å². The van der Waals surface area contributed by atoms with Gasteiger partial charge in [-0.25, -0.2) is 9.97 Å². The number of carbonyl (C=O) groups is 2. The normalized spacial score (nSPS) is 16.6. The first-order chi connectivity index (χ1) is 19.6. The molecule has 0 aliphatic carbocycles. The standard InChI is InChI=1S/C29H33ClN6O4S/c1-17-32-22-10-9-19(30)13-24(22)36(17)15-20-16-41-25(33-20)14-31-28(39)26(37)27(38)29(40)35-11-5-8-23(35)18-6-4-7-21(12-18)34(2)3/h4,6-7,9-10,12-13,16,23,26-27,37-38H,5,8,11,14-15H2,1-3H3,(H,31,39). The van der Waals surface area contributed by atoms with Crippen LogP contribution in [0.4, 0.5) is 5.69 Å². The number of fused-ring (bicyclic) bond motifs is 1. The van der Waals surface area contributed by atoms with E-state index < -0.39 is 24.0 Å². The number of rotatable bonds is 9. The van der Waals surface area contributed by atoms with Gasteiger partial charge in [0.2, 0.25) is 0 Å². The summed E-state index contributed by atoms with van der Waals surface area (Å²) in [4.78, 5) is 38.5. The Morgan fingerprint density at radius 3 is 2.76 bits per heavy atom. The van der Waals surface area contributed by atoms with Crippen molar-refractivity contribution in [3.63, 3.8) is 0 Å². The van der Waals surface area contributed by atoms with Gasteiger partial charge in [0.05, 0.1) is 35.9 Å². The number of halogens is 1. The van der Waals surface area contributed by atoms with Crippen molar-refractivity contribution in [2.24, 2.45) is 0 Å². The van der Waals surface area contributed by atoms with Crippen LogP contribution >= 0.6 is 22.9 Å². The summed E-state index contributed by atoms with van der Waals surface area (Å²) in [5, 5.41) is 26.9. The fourth-order valence-corrected chi connectivity index (χ4v) is 6.07. The Morgan fingerprint density at radius 1 is 1.17 bits per heavy atom. The molecule has 12 heteroatoms. The summed E-state index contributed by atoms with van der Waals surface area (Å²) >= 11 is 7.54. The lowest BCUT2D eigenvalue weighted by molar-refractivity contribution is -0.153. The van der Waals surface area contributed by atoms with Gasteiger partial charge in [0, 0.05) is 36.7 Å². The number of carbonyl (C=O) groups excluding carboxylic acids is 2. The molecular weight excluding hydrogens is 564 g/mol. The van der Waals surface area contributed by atoms with E-state index in [-0.39, 0.29) is 12.6 Å². The van der Waals surface area contributed by atoms with Gasteiger partial charge < -0.3 is 29.9 Å². The first-order valence-electron chi connectivity index (χ1n) is 13.4. The Kier molecular flexibility index (Phi) is 8.60. The predicted octanol–water partition coefficient (Wildman–Crippen LogP) is 3.27. The number of aromatic nitrogens is 3. The molecule has 5 rings (SSSR count). The quantitative estimate of drug-likeness (QED) is 0.271. The smallest absolute Gasteiger partial charge is 0.255 e. The third-order valence-corrected chi connectivity index (χ3v) is 8.50. The minimum Gasteiger partial charge on any atom is -0.380 e. The molecule has 0 saturated carbocycles. The van der Waals surface area contributed by atoms with Gasteiger partial charge in [-0.3, -0.25) is 9.59 Å². The van der Waals surface area contributed by atoms with Crippen LogP contribution in [0.2, 0.25) is 5.02 Å². The van der Waals surface area contributed by atoms with Crippen molar-refractivity contribution in [1.82, 2.24) is 24.8 Å². The highest BCUT2D eigenvalue weighted by Gasteiger charge is 2.38. The lowest BCUT2D eigenvalue weighted by Gasteiger charge is -2.29. The summed E-state index contributed by atoms with van der Waals surface area (Å²) in [6.07, 6.45) is -2.26. The van der Waals surface area contributed by atoms with Crippen LogP contribution < -0.4 is 10.2 Å². The maximum atomic E-state index is 13.2. The van der Waals surface area contributed by atoms with Crippen molar-refractivity contribution in [2.45, 2.75) is 51.1 Å². The molecule has 1 aliphatic heterocycles. The van der Waals surface area contributed by atoms with E-state index in [0.29, 0.717) is 23.1 Å². The van der Waals surface area contributed by atoms with Gasteiger partial charge >= 0.3 is 0 Å². The average Bonchev–Trinajstić information content (AvgIpc) is 3.70. The average molecular weight is 597 g/mol. The molecule has 0 bridgehead atoms. The Hall–Kier alpha value is -3.51. The second-order valence-electron chi connectivity index (χ2n) is 10.4. The maximum Gasteiger partial charge on any atom is 0.255 e. The van der Waals surface area contributed by atoms with E-state index in [1.807, 2.05) is 72.3 Å². The zero-order chi connectivity index (χ0) is 29.3. The topological polar surface area (TPSA) is 124 Å². The number of likely N-dealkylation sites (tertiary alicyclic amines) is 1. The number of aryl methyl sites for hydroxylation is 1. The van der Waals surface area contributed by atoms with Gasteiger partial charge in [0.1, 0.15) is 10.8 Å². The van der Waals surface area contributed by atoms with Gasteiger partial charge in [0.25, 0.3) is 11.8 Å². The molecule has 1 aliphatic rings. The molecule has 2 aromatic heterocycles. The van der Waals surface area contributed by atoms with Crippen LogP contribution in [0.1, 0.15) is 41.0 Å². The van der Waals surface area contributed by atoms with E-state index in [2.05, 4.69) is 15.3 Å². The van der Waals surface area contributed by atoms with E-state index >= 15 is 0 Å². The Labute approximate surface area is 247 Å². The summed E-state index contributed by atoms with van der Waals surface area (Å²) in [5.74, 6) is -0.665. The molecule has 0 spiro atoms. The molecule has 3 atom stereocenters. The molecule has 1 saturated heterocycles. The SMILES string of the molecule is Cc1nc2ccc(Cl)cc2n1Cc1csc(CNC(=O)C(O)C(O)C(=O)N2CCCC2c2cccc(N(C)C)c2)n1. The summed E-state index contributed by atoms with van der Waals surface area (Å²) in [7, 11) is 3.89. The number of nitrogens with one attached hydrogen (secondary N) is 1. The summed E-state index contributed by atoms with van der Waals surface area (Å²) in [5.41, 5.74) is 4.50. The molecule has 10 nitrogen and oxygen atoms in total. The molecule has 1 fully saturated rings. The summed E-state index contributed by atoms with van der Waals surface area (Å²) < 4.78 is 2.02. The first-order valence-corrected chi connectivity index (χ1v) is 14.7. The van der Waals surface area contributed by atoms with E-state index in [4.69, 9.17) is 11.6 Å². The van der Waals surface area contributed by atoms with Crippen LogP contribution in [0.15, 0.2) is 47.8 Å². The number of aliphatic hydroxyl groups is 2. The number of thiazole rings is 1. The zero-order valence-electron chi connectivity index (χ0n) is 23.1. The molecule has 0 radical (unpaired) electrons. The molecular formula is C29H33ClN6O4S. The molecule has 3 N–H and O–H groups in total. The van der Waals surface area contributed by atoms with Gasteiger partial charge in [-0.1, -0.05) is 23.7 Å². The molecule has 4 aromatic rings. The molecule has 216 valence electrons. The number of imidazole rings is 1. The van der Waals surface area contributed by atoms with Crippen LogP contribution in [0.25, 0.3) is 11.0 Å². The fourth-order valence-electron chi connectivity index (χ4n) is 5.18. The van der Waals surface area contributed by atoms with Gasteiger partial charge in [-0.15, -0.1) is 11.3 Å². The third-order valence-electron chi connectivity index (χ3n) is 7.36. The molecule has 2 amide bonds. The van der Waals surface area contributed by atoms with Crippen LogP contribution in [0, 0.1) is 6.92 Å². The van der Waals surface area contributed by atoms with Crippen molar-refractivity contribution in [3.8, 4) is 0 Å². The Balaban J connectivity index is 1.18. The zero-order valence-corrected chi connectivity index (χ0v) is 24.7. The Morgan fingerprint density at radius 2 is 1.98 bits per heavy atom. The van der Waals surface area contributed by atoms with Crippen LogP contribution in [-0.2, 0) is 22.7 Å². The third kappa shape index (κ3) is 6.23. The van der Waals surface area contributed by atoms with Gasteiger partial charge in [-0.2, -0.15) is 0 Å². The highest BCUT2D eigenvalue weighted by Crippen LogP contribution is 2.34. The highest BCUT2D eigenvalue weighted by molar-refractivity contribution is 7.09. The number of benzene rings is 2. The molecule has 41 heavy (non-hydrogen) atoms. The van der Waals surface area contributed by atoms with E-state index in [0.717, 1.165) is 46.6 Å². The van der Waals surface area contributed by atoms with Crippen molar-refractivity contribution >= 4 is 51.5 Å². The lowest BCUT2D eigenvalue weighted by atomic mass is 10.0. The number of anilines is 1. The second kappa shape index (κ2) is 12.2. The second-order valence-corrected chi connectivity index (χ2v) is 11.8. The summed E-state index contributed by atoms with van der Waals surface area (Å²) in [6.45, 7) is 2.90. The minimum atomic E-state index is -1.90. The largest absolute Gasteiger partial charge is 0.380 e. The minimum absolute atomic E-state index is 0.0562. The lowest BCUT2D eigenvalue weighted by Crippen LogP contribution is -2.50. The molecule has 3 heterocycles. The van der Waals surface area contributed by atoms with Crippen molar-refractivity contribution in [1.29, 1.82) is 0 Å². The predicted molar refractivity (Wildman–Crippen MR) is 159 cm³/mol. The molecule has 2 aromatic carbocycles. The van der Waals surface area contributed by atoms with Gasteiger partial charge in [0.15, 0.2) is 12.2 Å². The Bertz CT molecular complexity index is 1570.